The number of aliphatic hydroxyl groups excluding tert-OH is 5. The Labute approximate surface area is 178 Å². The van der Waals surface area contributed by atoms with Gasteiger partial charge in [0.2, 0.25) is 17.0 Å². The molecule has 0 bridgehead atoms. The van der Waals surface area contributed by atoms with Gasteiger partial charge < -0.3 is 65.7 Å². The molecule has 16 nitrogen and oxygen atoms in total. The van der Waals surface area contributed by atoms with Crippen molar-refractivity contribution >= 4 is 11.6 Å². The number of carbonyl (C=O) groups is 2. The molecule has 32 heavy (non-hydrogen) atoms. The standard InChI is InChI=1S/C16H25NO15/c18-3-5-9(22)11(24)14(27,16(29,17-30)32-5)15(28)13(26)8(21)2-1-7(20)12(13,25)10(23)6(4-19)31-15/h5-6,9-11,17-19,22-30H,1-4H2/t5-,6-,9-,10+,11+,12+,13+,14-,15?,16?/m1/s1. The molecule has 12 N–H and O–H groups in total. The maximum absolute atomic E-state index is 12.8. The summed E-state index contributed by atoms with van der Waals surface area (Å²) in [5.41, 5.74) is -10.9. The summed E-state index contributed by atoms with van der Waals surface area (Å²) in [6, 6.07) is 0. The van der Waals surface area contributed by atoms with E-state index in [2.05, 4.69) is 0 Å². The maximum atomic E-state index is 12.8. The molecule has 1 saturated carbocycles. The number of carbonyl (C=O) groups excluding carboxylic acids is 2. The van der Waals surface area contributed by atoms with E-state index >= 15 is 0 Å². The zero-order valence-corrected chi connectivity index (χ0v) is 16.3. The molecule has 2 unspecified atom stereocenters. The quantitative estimate of drug-likeness (QED) is 0.134. The molecule has 0 aromatic rings. The van der Waals surface area contributed by atoms with Crippen molar-refractivity contribution < 1.29 is 75.3 Å². The number of rotatable bonds is 4. The van der Waals surface area contributed by atoms with Crippen molar-refractivity contribution in [2.45, 2.75) is 71.9 Å². The Kier molecular flexibility index (Phi) is 6.07. The van der Waals surface area contributed by atoms with Crippen LogP contribution >= 0.6 is 0 Å². The predicted octanol–water partition coefficient (Wildman–Crippen LogP) is -7.71. The van der Waals surface area contributed by atoms with E-state index < -0.39 is 96.6 Å². The summed E-state index contributed by atoms with van der Waals surface area (Å²) in [5, 5.41) is 115. The van der Waals surface area contributed by atoms with Crippen molar-refractivity contribution in [1.82, 2.24) is 5.48 Å². The molecule has 1 aliphatic carbocycles. The summed E-state index contributed by atoms with van der Waals surface area (Å²) in [5.74, 6) is -11.2. The number of Topliss-reactive ketones (excluding diaryl/α,β-unsaturated/α-hetero) is 2. The Balaban J connectivity index is 2.36. The zero-order valence-electron chi connectivity index (χ0n) is 16.3. The van der Waals surface area contributed by atoms with Crippen LogP contribution < -0.4 is 5.48 Å². The third kappa shape index (κ3) is 2.58. The molecule has 0 aromatic heterocycles. The van der Waals surface area contributed by atoms with Crippen LogP contribution in [0.5, 0.6) is 0 Å². The van der Waals surface area contributed by atoms with Gasteiger partial charge in [-0.25, -0.2) is 0 Å². The normalized spacial score (nSPS) is 54.4. The van der Waals surface area contributed by atoms with Crippen molar-refractivity contribution in [3.63, 3.8) is 0 Å². The van der Waals surface area contributed by atoms with Crippen LogP contribution in [0.2, 0.25) is 0 Å². The van der Waals surface area contributed by atoms with Crippen LogP contribution in [0.15, 0.2) is 0 Å². The van der Waals surface area contributed by atoms with Gasteiger partial charge in [-0.15, -0.1) is 5.48 Å². The number of hydroxylamine groups is 1. The van der Waals surface area contributed by atoms with Crippen LogP contribution in [0.4, 0.5) is 0 Å². The van der Waals surface area contributed by atoms with Gasteiger partial charge >= 0.3 is 0 Å². The average Bonchev–Trinajstić information content (AvgIpc) is 2.77. The lowest BCUT2D eigenvalue weighted by Crippen LogP contribution is -2.96. The summed E-state index contributed by atoms with van der Waals surface area (Å²) in [6.45, 7) is -2.45. The Morgan fingerprint density at radius 1 is 0.844 bits per heavy atom. The van der Waals surface area contributed by atoms with Gasteiger partial charge in [0.1, 0.15) is 30.5 Å². The van der Waals surface area contributed by atoms with Crippen LogP contribution in [-0.2, 0) is 19.1 Å². The number of hydrogen-bond acceptors (Lipinski definition) is 16. The highest BCUT2D eigenvalue weighted by Crippen LogP contribution is 2.56. The van der Waals surface area contributed by atoms with Crippen LogP contribution in [0.25, 0.3) is 0 Å². The lowest BCUT2D eigenvalue weighted by Gasteiger charge is -2.65. The highest BCUT2D eigenvalue weighted by atomic mass is 16.7. The van der Waals surface area contributed by atoms with E-state index in [1.54, 1.807) is 0 Å². The predicted molar refractivity (Wildman–Crippen MR) is 90.9 cm³/mol. The highest BCUT2D eigenvalue weighted by Gasteiger charge is 2.88. The van der Waals surface area contributed by atoms with Gasteiger partial charge in [-0.3, -0.25) is 9.59 Å². The van der Waals surface area contributed by atoms with Gasteiger partial charge in [0, 0.05) is 12.8 Å². The third-order valence-electron chi connectivity index (χ3n) is 6.55. The Morgan fingerprint density at radius 3 is 1.88 bits per heavy atom. The molecule has 0 amide bonds. The van der Waals surface area contributed by atoms with Crippen molar-refractivity contribution in [3.8, 4) is 0 Å². The number of ether oxygens (including phenoxy) is 2. The van der Waals surface area contributed by atoms with Gasteiger partial charge in [-0.2, -0.15) is 0 Å². The monoisotopic (exact) mass is 471 g/mol. The molecule has 2 heterocycles. The Hall–Kier alpha value is -1.22. The molecule has 184 valence electrons. The van der Waals surface area contributed by atoms with Gasteiger partial charge in [0.05, 0.1) is 13.2 Å². The van der Waals surface area contributed by atoms with E-state index in [-0.39, 0.29) is 0 Å². The molecule has 0 aromatic carbocycles. The van der Waals surface area contributed by atoms with Crippen LogP contribution in [-0.4, -0.2) is 140 Å². The first-order valence-corrected chi connectivity index (χ1v) is 9.39. The largest absolute Gasteiger partial charge is 0.394 e. The summed E-state index contributed by atoms with van der Waals surface area (Å²) in [4.78, 5) is 25.3. The number of hydrogen-bond donors (Lipinski definition) is 12. The first-order valence-electron chi connectivity index (χ1n) is 9.39. The van der Waals surface area contributed by atoms with Crippen LogP contribution in [0.3, 0.4) is 0 Å². The summed E-state index contributed by atoms with van der Waals surface area (Å²) < 4.78 is 9.65. The fourth-order valence-electron chi connectivity index (χ4n) is 4.70. The zero-order chi connectivity index (χ0) is 24.5. The average molecular weight is 471 g/mol. The van der Waals surface area contributed by atoms with Crippen molar-refractivity contribution in [2.75, 3.05) is 13.2 Å². The minimum Gasteiger partial charge on any atom is -0.394 e. The molecule has 10 atom stereocenters. The van der Waals surface area contributed by atoms with Crippen molar-refractivity contribution in [3.05, 3.63) is 0 Å². The van der Waals surface area contributed by atoms with Crippen LogP contribution in [0, 0.1) is 0 Å². The molecule has 3 fully saturated rings. The first-order chi connectivity index (χ1) is 14.7. The summed E-state index contributed by atoms with van der Waals surface area (Å²) in [6.07, 6.45) is -13.8. The van der Waals surface area contributed by atoms with Crippen molar-refractivity contribution in [2.24, 2.45) is 0 Å². The van der Waals surface area contributed by atoms with Gasteiger partial charge in [-0.05, 0) is 0 Å². The van der Waals surface area contributed by atoms with E-state index in [1.165, 1.54) is 0 Å². The van der Waals surface area contributed by atoms with E-state index in [1.807, 2.05) is 0 Å². The lowest BCUT2D eigenvalue weighted by molar-refractivity contribution is -0.518. The van der Waals surface area contributed by atoms with E-state index in [9.17, 15) is 65.9 Å². The fraction of sp³-hybridized carbons (Fsp3) is 0.875. The number of aliphatic hydroxyl groups is 10. The highest BCUT2D eigenvalue weighted by molar-refractivity contribution is 6.06. The maximum Gasteiger partial charge on any atom is 0.286 e. The molecule has 2 aliphatic heterocycles. The molecule has 0 spiro atoms. The fourth-order valence-corrected chi connectivity index (χ4v) is 4.70. The Morgan fingerprint density at radius 2 is 1.38 bits per heavy atom. The third-order valence-corrected chi connectivity index (χ3v) is 6.55. The van der Waals surface area contributed by atoms with Gasteiger partial charge in [0.25, 0.3) is 5.91 Å². The minimum atomic E-state index is -4.26. The van der Waals surface area contributed by atoms with Crippen molar-refractivity contribution in [1.29, 1.82) is 0 Å². The van der Waals surface area contributed by atoms with Gasteiger partial charge in [0.15, 0.2) is 17.2 Å². The number of fused-ring (bicyclic) bond motifs is 1. The summed E-state index contributed by atoms with van der Waals surface area (Å²) in [7, 11) is 0. The number of nitrogens with one attached hydrogen (secondary N) is 1. The van der Waals surface area contributed by atoms with E-state index in [0.29, 0.717) is 0 Å². The molecule has 0 radical (unpaired) electrons. The second-order valence-electron chi connectivity index (χ2n) is 8.05. The minimum absolute atomic E-state index is 0.766. The Bertz CT molecular complexity index is 797. The van der Waals surface area contributed by atoms with E-state index in [4.69, 9.17) is 9.47 Å². The lowest BCUT2D eigenvalue weighted by atomic mass is 9.55. The SMILES string of the molecule is O=C1CCC(=O)[C@]2(O)[C@@H](O)[C@@H](CO)OC(O)([C@]3(O)[C@@H](O)[C@H](O)[C@@H](CO)OC3(O)NO)[C@]12O. The molecular formula is C16H25NO15. The number of ketones is 2. The molecule has 3 rings (SSSR count). The summed E-state index contributed by atoms with van der Waals surface area (Å²) >= 11 is 0. The molecular weight excluding hydrogens is 446 g/mol. The smallest absolute Gasteiger partial charge is 0.286 e. The molecule has 2 saturated heterocycles. The second-order valence-corrected chi connectivity index (χ2v) is 8.05. The van der Waals surface area contributed by atoms with Crippen LogP contribution in [0.1, 0.15) is 12.8 Å². The molecule has 16 heteroatoms. The second kappa shape index (κ2) is 7.65. The molecule has 3 aliphatic rings. The first kappa shape index (κ1) is 25.4. The van der Waals surface area contributed by atoms with E-state index in [0.717, 1.165) is 5.48 Å². The van der Waals surface area contributed by atoms with Gasteiger partial charge in [-0.1, -0.05) is 0 Å². The topological polar surface area (TPSA) is 287 Å².